The van der Waals surface area contributed by atoms with Crippen LogP contribution in [0.5, 0.6) is 11.5 Å². The molecule has 0 N–H and O–H groups in total. The molecule has 43 heavy (non-hydrogen) atoms. The molecule has 1 aliphatic rings. The van der Waals surface area contributed by atoms with Gasteiger partial charge in [0, 0.05) is 62.5 Å². The number of amides is 2. The zero-order valence-electron chi connectivity index (χ0n) is 25.8. The van der Waals surface area contributed by atoms with Gasteiger partial charge in [0.15, 0.2) is 0 Å². The molecule has 2 amide bonds. The number of piperazine rings is 1. The molecule has 0 bridgehead atoms. The van der Waals surface area contributed by atoms with Crippen LogP contribution in [-0.4, -0.2) is 86.5 Å². The highest BCUT2D eigenvalue weighted by atomic mass is 16.5. The third kappa shape index (κ3) is 9.19. The zero-order valence-corrected chi connectivity index (χ0v) is 25.8. The molecule has 0 aromatic heterocycles. The molecular formula is C36H45N3O4. The number of methoxy groups -OCH3 is 2. The van der Waals surface area contributed by atoms with E-state index in [0.717, 1.165) is 48.7 Å². The Kier molecular flexibility index (Phi) is 12.2. The molecule has 1 saturated heterocycles. The second-order valence-corrected chi connectivity index (χ2v) is 10.9. The SMILES string of the molecule is CCCCCc1ccc(C(=O)N2CCN(CCN(C/C=C/c3ccccc3OC)C(=O)c3ccc(OC)cc3)CC2)cc1. The van der Waals surface area contributed by atoms with E-state index in [-0.39, 0.29) is 11.8 Å². The summed E-state index contributed by atoms with van der Waals surface area (Å²) in [6, 6.07) is 23.2. The Hall–Kier alpha value is -4.10. The minimum absolute atomic E-state index is 0.0284. The number of hydrogen-bond donors (Lipinski definition) is 0. The quantitative estimate of drug-likeness (QED) is 0.216. The van der Waals surface area contributed by atoms with Gasteiger partial charge in [0.1, 0.15) is 11.5 Å². The highest BCUT2D eigenvalue weighted by molar-refractivity contribution is 5.95. The first-order valence-corrected chi connectivity index (χ1v) is 15.4. The van der Waals surface area contributed by atoms with Crippen LogP contribution in [0.4, 0.5) is 0 Å². The highest BCUT2D eigenvalue weighted by Gasteiger charge is 2.23. The van der Waals surface area contributed by atoms with Crippen LogP contribution in [0, 0.1) is 0 Å². The Labute approximate surface area is 256 Å². The Morgan fingerprint density at radius 1 is 0.837 bits per heavy atom. The van der Waals surface area contributed by atoms with Crippen molar-refractivity contribution in [2.24, 2.45) is 0 Å². The highest BCUT2D eigenvalue weighted by Crippen LogP contribution is 2.19. The summed E-state index contributed by atoms with van der Waals surface area (Å²) in [6.45, 7) is 6.91. The molecule has 1 fully saturated rings. The van der Waals surface area contributed by atoms with Crippen molar-refractivity contribution in [1.29, 1.82) is 0 Å². The number of para-hydroxylation sites is 1. The summed E-state index contributed by atoms with van der Waals surface area (Å²) in [5, 5.41) is 0. The number of hydrogen-bond acceptors (Lipinski definition) is 5. The van der Waals surface area contributed by atoms with Crippen molar-refractivity contribution in [1.82, 2.24) is 14.7 Å². The van der Waals surface area contributed by atoms with Crippen molar-refractivity contribution in [2.75, 3.05) is 60.0 Å². The fraction of sp³-hybridized carbons (Fsp3) is 0.389. The van der Waals surface area contributed by atoms with Crippen LogP contribution in [0.2, 0.25) is 0 Å². The summed E-state index contributed by atoms with van der Waals surface area (Å²) in [6.07, 6.45) is 8.70. The van der Waals surface area contributed by atoms with E-state index in [9.17, 15) is 9.59 Å². The number of nitrogens with zero attached hydrogens (tertiary/aromatic N) is 3. The summed E-state index contributed by atoms with van der Waals surface area (Å²) in [5.41, 5.74) is 3.64. The molecule has 0 radical (unpaired) electrons. The molecule has 0 aliphatic carbocycles. The van der Waals surface area contributed by atoms with E-state index >= 15 is 0 Å². The smallest absolute Gasteiger partial charge is 0.254 e. The first-order valence-electron chi connectivity index (χ1n) is 15.4. The molecule has 0 saturated carbocycles. The molecule has 0 spiro atoms. The van der Waals surface area contributed by atoms with Gasteiger partial charge < -0.3 is 19.3 Å². The van der Waals surface area contributed by atoms with Crippen LogP contribution in [0.15, 0.2) is 78.9 Å². The maximum Gasteiger partial charge on any atom is 0.254 e. The lowest BCUT2D eigenvalue weighted by Crippen LogP contribution is -2.50. The second kappa shape index (κ2) is 16.5. The van der Waals surface area contributed by atoms with E-state index < -0.39 is 0 Å². The molecule has 1 aliphatic heterocycles. The Bertz CT molecular complexity index is 1330. The van der Waals surface area contributed by atoms with Gasteiger partial charge >= 0.3 is 0 Å². The van der Waals surface area contributed by atoms with Crippen LogP contribution in [-0.2, 0) is 6.42 Å². The lowest BCUT2D eigenvalue weighted by Gasteiger charge is -2.36. The number of aryl methyl sites for hydroxylation is 1. The minimum atomic E-state index is -0.0284. The fourth-order valence-corrected chi connectivity index (χ4v) is 5.32. The second-order valence-electron chi connectivity index (χ2n) is 10.9. The van der Waals surface area contributed by atoms with E-state index in [1.807, 2.05) is 70.5 Å². The van der Waals surface area contributed by atoms with Crippen molar-refractivity contribution in [2.45, 2.75) is 32.6 Å². The predicted octanol–water partition coefficient (Wildman–Crippen LogP) is 6.05. The molecule has 1 heterocycles. The molecular weight excluding hydrogens is 538 g/mol. The summed E-state index contributed by atoms with van der Waals surface area (Å²) in [7, 11) is 3.27. The maximum absolute atomic E-state index is 13.5. The molecule has 7 nitrogen and oxygen atoms in total. The van der Waals surface area contributed by atoms with Gasteiger partial charge in [-0.25, -0.2) is 0 Å². The lowest BCUT2D eigenvalue weighted by atomic mass is 10.0. The number of carbonyl (C=O) groups excluding carboxylic acids is 2. The van der Waals surface area contributed by atoms with Crippen LogP contribution >= 0.6 is 0 Å². The standard InChI is InChI=1S/C36H45N3O4/c1-4-5-6-10-29-14-16-31(17-15-29)36(41)39-27-24-37(25-28-39)23-26-38(35(40)32-18-20-33(42-2)21-19-32)22-9-12-30-11-7-8-13-34(30)43-3/h7-9,11-21H,4-6,10,22-28H2,1-3H3/b12-9+. The predicted molar refractivity (Wildman–Crippen MR) is 173 cm³/mol. The lowest BCUT2D eigenvalue weighted by molar-refractivity contribution is 0.0609. The van der Waals surface area contributed by atoms with Crippen molar-refractivity contribution < 1.29 is 19.1 Å². The maximum atomic E-state index is 13.5. The van der Waals surface area contributed by atoms with E-state index in [0.29, 0.717) is 31.7 Å². The zero-order chi connectivity index (χ0) is 30.4. The number of carbonyl (C=O) groups is 2. The first-order chi connectivity index (χ1) is 21.0. The van der Waals surface area contributed by atoms with Gasteiger partial charge in [-0.05, 0) is 60.9 Å². The molecule has 3 aromatic rings. The molecule has 7 heteroatoms. The van der Waals surface area contributed by atoms with Gasteiger partial charge in [-0.2, -0.15) is 0 Å². The summed E-state index contributed by atoms with van der Waals surface area (Å²) < 4.78 is 10.7. The third-order valence-corrected chi connectivity index (χ3v) is 8.00. The Morgan fingerprint density at radius 2 is 1.53 bits per heavy atom. The van der Waals surface area contributed by atoms with E-state index in [1.165, 1.54) is 24.8 Å². The van der Waals surface area contributed by atoms with Crippen molar-refractivity contribution in [3.05, 3.63) is 101 Å². The Morgan fingerprint density at radius 3 is 2.21 bits per heavy atom. The van der Waals surface area contributed by atoms with Crippen LogP contribution in [0.1, 0.15) is 58.0 Å². The molecule has 0 atom stereocenters. The van der Waals surface area contributed by atoms with Gasteiger partial charge in [0.25, 0.3) is 11.8 Å². The van der Waals surface area contributed by atoms with Crippen LogP contribution in [0.25, 0.3) is 6.08 Å². The molecule has 228 valence electrons. The first kappa shape index (κ1) is 31.8. The van der Waals surface area contributed by atoms with Crippen LogP contribution < -0.4 is 9.47 Å². The van der Waals surface area contributed by atoms with E-state index in [1.54, 1.807) is 26.4 Å². The van der Waals surface area contributed by atoms with E-state index in [4.69, 9.17) is 9.47 Å². The number of ether oxygens (including phenoxy) is 2. The Balaban J connectivity index is 1.33. The van der Waals surface area contributed by atoms with Gasteiger partial charge in [0.05, 0.1) is 14.2 Å². The average Bonchev–Trinajstić information content (AvgIpc) is 3.06. The van der Waals surface area contributed by atoms with Crippen molar-refractivity contribution in [3.63, 3.8) is 0 Å². The number of benzene rings is 3. The van der Waals surface area contributed by atoms with Gasteiger partial charge in [0.2, 0.25) is 0 Å². The summed E-state index contributed by atoms with van der Waals surface area (Å²) in [4.78, 5) is 32.8. The monoisotopic (exact) mass is 583 g/mol. The third-order valence-electron chi connectivity index (χ3n) is 8.00. The normalized spacial score (nSPS) is 13.7. The van der Waals surface area contributed by atoms with Crippen molar-refractivity contribution >= 4 is 17.9 Å². The molecule has 4 rings (SSSR count). The molecule has 0 unspecified atom stereocenters. The largest absolute Gasteiger partial charge is 0.497 e. The number of unbranched alkanes of at least 4 members (excludes halogenated alkanes) is 2. The van der Waals surface area contributed by atoms with Gasteiger partial charge in [-0.3, -0.25) is 14.5 Å². The minimum Gasteiger partial charge on any atom is -0.497 e. The summed E-state index contributed by atoms with van der Waals surface area (Å²) in [5.74, 6) is 1.58. The summed E-state index contributed by atoms with van der Waals surface area (Å²) >= 11 is 0. The number of rotatable bonds is 14. The van der Waals surface area contributed by atoms with Crippen LogP contribution in [0.3, 0.4) is 0 Å². The van der Waals surface area contributed by atoms with Crippen molar-refractivity contribution in [3.8, 4) is 11.5 Å². The van der Waals surface area contributed by atoms with E-state index in [2.05, 4.69) is 24.0 Å². The average molecular weight is 584 g/mol. The fourth-order valence-electron chi connectivity index (χ4n) is 5.32. The topological polar surface area (TPSA) is 62.3 Å². The van der Waals surface area contributed by atoms with Gasteiger partial charge in [-0.15, -0.1) is 0 Å². The van der Waals surface area contributed by atoms with Gasteiger partial charge in [-0.1, -0.05) is 62.2 Å². The molecule has 3 aromatic carbocycles.